The molecule has 0 amide bonds. The van der Waals surface area contributed by atoms with Crippen LogP contribution in [0.25, 0.3) is 0 Å². The highest BCUT2D eigenvalue weighted by Crippen LogP contribution is 2.17. The van der Waals surface area contributed by atoms with Gasteiger partial charge in [0.2, 0.25) is 0 Å². The molecule has 1 heterocycles. The van der Waals surface area contributed by atoms with Crippen LogP contribution < -0.4 is 15.4 Å². The number of hydrogen-bond acceptors (Lipinski definition) is 4. The molecule has 0 radical (unpaired) electrons. The van der Waals surface area contributed by atoms with Crippen molar-refractivity contribution in [3.8, 4) is 5.75 Å². The molecule has 9 heteroatoms. The zero-order chi connectivity index (χ0) is 20.5. The molecular formula is C20H32FIN6O. The number of hydrogen-bond donors (Lipinski definition) is 2. The third-order valence-electron chi connectivity index (χ3n) is 4.19. The Balaban J connectivity index is 0.00000420. The van der Waals surface area contributed by atoms with E-state index in [0.29, 0.717) is 24.8 Å². The molecule has 1 aromatic heterocycles. The summed E-state index contributed by atoms with van der Waals surface area (Å²) in [6, 6.07) is 6.29. The van der Waals surface area contributed by atoms with Crippen LogP contribution in [0.4, 0.5) is 4.39 Å². The monoisotopic (exact) mass is 518 g/mol. The number of nitrogens with zero attached hydrogens (tertiary/aromatic N) is 4. The maximum Gasteiger partial charge on any atom is 0.191 e. The minimum absolute atomic E-state index is 0. The van der Waals surface area contributed by atoms with Gasteiger partial charge >= 0.3 is 0 Å². The van der Waals surface area contributed by atoms with Gasteiger partial charge in [0.05, 0.1) is 25.3 Å². The molecule has 0 saturated carbocycles. The van der Waals surface area contributed by atoms with E-state index in [2.05, 4.69) is 20.6 Å². The van der Waals surface area contributed by atoms with Crippen LogP contribution in [0, 0.1) is 5.82 Å². The summed E-state index contributed by atoms with van der Waals surface area (Å²) < 4.78 is 20.8. The molecule has 2 aromatic rings. The molecule has 7 nitrogen and oxygen atoms in total. The van der Waals surface area contributed by atoms with Crippen molar-refractivity contribution in [3.05, 3.63) is 48.0 Å². The summed E-state index contributed by atoms with van der Waals surface area (Å²) in [5, 5.41) is 10.8. The zero-order valence-electron chi connectivity index (χ0n) is 17.7. The second kappa shape index (κ2) is 12.6. The van der Waals surface area contributed by atoms with Crippen LogP contribution >= 0.6 is 24.0 Å². The average molecular weight is 518 g/mol. The summed E-state index contributed by atoms with van der Waals surface area (Å²) in [6.45, 7) is 5.84. The topological polar surface area (TPSA) is 66.7 Å². The molecule has 2 atom stereocenters. The van der Waals surface area contributed by atoms with Crippen LogP contribution in [0.5, 0.6) is 5.75 Å². The van der Waals surface area contributed by atoms with Gasteiger partial charge in [-0.1, -0.05) is 6.07 Å². The molecule has 0 aliphatic heterocycles. The van der Waals surface area contributed by atoms with Gasteiger partial charge in [-0.25, -0.2) is 4.39 Å². The number of nitrogens with one attached hydrogen (secondary N) is 2. The standard InChI is InChI=1S/C20H31FN6O.HI/c1-6-22-20(23-11-15(2)28-18-9-7-8-17(21)10-18)24-13-19(26(3)4)16-12-25-27(5)14-16;/h7-10,12,14-15,19H,6,11,13H2,1-5H3,(H2,22,23,24);1H. The minimum Gasteiger partial charge on any atom is -0.489 e. The first-order valence-electron chi connectivity index (χ1n) is 9.48. The Labute approximate surface area is 189 Å². The van der Waals surface area contributed by atoms with Gasteiger partial charge in [-0.15, -0.1) is 24.0 Å². The fraction of sp³-hybridized carbons (Fsp3) is 0.500. The van der Waals surface area contributed by atoms with Gasteiger partial charge in [0, 0.05) is 31.4 Å². The van der Waals surface area contributed by atoms with Crippen LogP contribution in [-0.4, -0.2) is 60.5 Å². The molecule has 0 aliphatic rings. The van der Waals surface area contributed by atoms with E-state index in [1.807, 2.05) is 47.4 Å². The third-order valence-corrected chi connectivity index (χ3v) is 4.19. The van der Waals surface area contributed by atoms with E-state index in [0.717, 1.165) is 12.1 Å². The van der Waals surface area contributed by atoms with Crippen molar-refractivity contribution in [2.75, 3.05) is 33.7 Å². The second-order valence-corrected chi connectivity index (χ2v) is 6.91. The molecule has 162 valence electrons. The number of guanidine groups is 1. The molecular weight excluding hydrogens is 486 g/mol. The summed E-state index contributed by atoms with van der Waals surface area (Å²) in [5.74, 6) is 0.922. The lowest BCUT2D eigenvalue weighted by atomic mass is 10.1. The molecule has 29 heavy (non-hydrogen) atoms. The van der Waals surface area contributed by atoms with Crippen LogP contribution in [0.1, 0.15) is 25.5 Å². The van der Waals surface area contributed by atoms with Gasteiger partial charge in [-0.3, -0.25) is 9.67 Å². The molecule has 2 unspecified atom stereocenters. The first-order valence-corrected chi connectivity index (χ1v) is 9.48. The number of likely N-dealkylation sites (N-methyl/N-ethyl adjacent to an activating group) is 1. The quantitative estimate of drug-likeness (QED) is 0.304. The number of aryl methyl sites for hydroxylation is 1. The second-order valence-electron chi connectivity index (χ2n) is 6.91. The molecule has 0 aliphatic carbocycles. The van der Waals surface area contributed by atoms with Crippen molar-refractivity contribution < 1.29 is 9.13 Å². The predicted molar refractivity (Wildman–Crippen MR) is 126 cm³/mol. The fourth-order valence-corrected chi connectivity index (χ4v) is 2.75. The van der Waals surface area contributed by atoms with Crippen LogP contribution in [0.2, 0.25) is 0 Å². The van der Waals surface area contributed by atoms with Crippen molar-refractivity contribution in [2.45, 2.75) is 26.0 Å². The van der Waals surface area contributed by atoms with Crippen molar-refractivity contribution >= 4 is 29.9 Å². The van der Waals surface area contributed by atoms with Crippen molar-refractivity contribution in [1.82, 2.24) is 25.3 Å². The zero-order valence-corrected chi connectivity index (χ0v) is 20.1. The number of aliphatic imine (C=N–C) groups is 1. The van der Waals surface area contributed by atoms with Gasteiger partial charge in [0.25, 0.3) is 0 Å². The van der Waals surface area contributed by atoms with E-state index in [-0.39, 0.29) is 41.9 Å². The largest absolute Gasteiger partial charge is 0.489 e. The predicted octanol–water partition coefficient (Wildman–Crippen LogP) is 2.80. The Hall–Kier alpha value is -1.88. The van der Waals surface area contributed by atoms with Crippen LogP contribution in [-0.2, 0) is 7.05 Å². The van der Waals surface area contributed by atoms with E-state index in [1.54, 1.807) is 16.8 Å². The first kappa shape index (κ1) is 25.2. The Morgan fingerprint density at radius 1 is 1.34 bits per heavy atom. The molecule has 0 bridgehead atoms. The smallest absolute Gasteiger partial charge is 0.191 e. The Morgan fingerprint density at radius 3 is 2.69 bits per heavy atom. The number of aromatic nitrogens is 2. The van der Waals surface area contributed by atoms with E-state index in [1.165, 1.54) is 12.1 Å². The third kappa shape index (κ3) is 8.57. The van der Waals surface area contributed by atoms with E-state index >= 15 is 0 Å². The van der Waals surface area contributed by atoms with E-state index < -0.39 is 0 Å². The number of halogens is 2. The normalized spacial score (nSPS) is 13.6. The SMILES string of the molecule is CCNC(=NCC(c1cnn(C)c1)N(C)C)NCC(C)Oc1cccc(F)c1.I. The number of rotatable bonds is 9. The Kier molecular flexibility index (Phi) is 11.0. The van der Waals surface area contributed by atoms with Crippen LogP contribution in [0.15, 0.2) is 41.7 Å². The Morgan fingerprint density at radius 2 is 2.10 bits per heavy atom. The van der Waals surface area contributed by atoms with Gasteiger partial charge in [-0.05, 0) is 40.1 Å². The summed E-state index contributed by atoms with van der Waals surface area (Å²) in [4.78, 5) is 6.84. The maximum absolute atomic E-state index is 13.3. The van der Waals surface area contributed by atoms with E-state index in [4.69, 9.17) is 9.73 Å². The Bertz CT molecular complexity index is 767. The summed E-state index contributed by atoms with van der Waals surface area (Å²) >= 11 is 0. The molecule has 2 N–H and O–H groups in total. The van der Waals surface area contributed by atoms with Gasteiger partial charge in [-0.2, -0.15) is 5.10 Å². The van der Waals surface area contributed by atoms with Crippen molar-refractivity contribution in [2.24, 2.45) is 12.0 Å². The van der Waals surface area contributed by atoms with Gasteiger partial charge in [0.15, 0.2) is 5.96 Å². The molecule has 0 fully saturated rings. The van der Waals surface area contributed by atoms with Crippen molar-refractivity contribution in [3.63, 3.8) is 0 Å². The lowest BCUT2D eigenvalue weighted by molar-refractivity contribution is 0.223. The van der Waals surface area contributed by atoms with Crippen molar-refractivity contribution in [1.29, 1.82) is 0 Å². The van der Waals surface area contributed by atoms with Gasteiger partial charge in [0.1, 0.15) is 17.7 Å². The molecule has 0 saturated heterocycles. The average Bonchev–Trinajstić information content (AvgIpc) is 3.05. The maximum atomic E-state index is 13.3. The molecule has 1 aromatic carbocycles. The summed E-state index contributed by atoms with van der Waals surface area (Å²) in [6.07, 6.45) is 3.74. The lowest BCUT2D eigenvalue weighted by Gasteiger charge is -2.22. The minimum atomic E-state index is -0.308. The first-order chi connectivity index (χ1) is 13.4. The summed E-state index contributed by atoms with van der Waals surface area (Å²) in [7, 11) is 5.97. The lowest BCUT2D eigenvalue weighted by Crippen LogP contribution is -2.42. The highest BCUT2D eigenvalue weighted by Gasteiger charge is 2.16. The fourth-order valence-electron chi connectivity index (χ4n) is 2.75. The highest BCUT2D eigenvalue weighted by atomic mass is 127. The molecule has 2 rings (SSSR count). The van der Waals surface area contributed by atoms with E-state index in [9.17, 15) is 4.39 Å². The summed E-state index contributed by atoms with van der Waals surface area (Å²) in [5.41, 5.74) is 1.12. The number of ether oxygens (including phenoxy) is 1. The van der Waals surface area contributed by atoms with Gasteiger partial charge < -0.3 is 20.3 Å². The number of benzene rings is 1. The molecule has 0 spiro atoms. The van der Waals surface area contributed by atoms with Crippen LogP contribution in [0.3, 0.4) is 0 Å². The highest BCUT2D eigenvalue weighted by molar-refractivity contribution is 14.0.